The van der Waals surface area contributed by atoms with Crippen molar-refractivity contribution in [3.05, 3.63) is 96.5 Å². The van der Waals surface area contributed by atoms with Crippen LogP contribution in [0.2, 0.25) is 0 Å². The lowest BCUT2D eigenvalue weighted by molar-refractivity contribution is 0.417. The highest BCUT2D eigenvalue weighted by Gasteiger charge is 2.43. The molecule has 32 heavy (non-hydrogen) atoms. The molecule has 0 N–H and O–H groups in total. The number of rotatable bonds is 6. The molecule has 0 aromatic heterocycles. The molecule has 6 rings (SSSR count). The molecule has 0 radical (unpaired) electrons. The predicted molar refractivity (Wildman–Crippen MR) is 129 cm³/mol. The van der Waals surface area contributed by atoms with Gasteiger partial charge in [-0.05, 0) is 95.6 Å². The van der Waals surface area contributed by atoms with Gasteiger partial charge < -0.3 is 9.47 Å². The van der Waals surface area contributed by atoms with Crippen LogP contribution in [0, 0.1) is 35.5 Å². The second-order valence-electron chi connectivity index (χ2n) is 10.3. The Morgan fingerprint density at radius 2 is 0.938 bits per heavy atom. The molecule has 2 aromatic carbocycles. The van der Waals surface area contributed by atoms with Crippen LogP contribution in [0.25, 0.3) is 0 Å². The molecule has 0 aliphatic heterocycles. The van der Waals surface area contributed by atoms with Crippen molar-refractivity contribution in [3.8, 4) is 11.5 Å². The van der Waals surface area contributed by atoms with Gasteiger partial charge in [-0.15, -0.1) is 0 Å². The molecule has 0 heterocycles. The molecule has 4 aliphatic carbocycles. The van der Waals surface area contributed by atoms with Crippen molar-refractivity contribution in [3.63, 3.8) is 0 Å². The Bertz CT molecular complexity index is 960. The molecule has 4 aliphatic rings. The zero-order chi connectivity index (χ0) is 21.7. The molecule has 0 saturated heterocycles. The number of hydrogen-bond acceptors (Lipinski definition) is 2. The standard InChI is InChI=1S/C30H32O2/c1-19-23-3-5-25(17-23)29(19)21-7-11-27(12-8-21)31-15-16-32-28-13-9-22(10-14-28)30-20(2)24-4-6-26(30)18-24/h3-16,19-20,23-26,29-30H,17-18H2,1-2H3/b16-15-/t19-,20+,23+,24-,25-,26+,29+,30?/m0/s1. The summed E-state index contributed by atoms with van der Waals surface area (Å²) in [6.07, 6.45) is 15.6. The molecule has 164 valence electrons. The minimum Gasteiger partial charge on any atom is -0.462 e. The third-order valence-corrected chi connectivity index (χ3v) is 8.70. The molecule has 2 fully saturated rings. The van der Waals surface area contributed by atoms with Crippen molar-refractivity contribution in [2.24, 2.45) is 35.5 Å². The first kappa shape index (κ1) is 19.9. The SMILES string of the molecule is C[C@@H]1[C@H](c2ccc(O/C=C\Oc3ccc(C4[C@@H]5C=C[C@@H](C5)[C@H]4C)cc3)cc2)[C@H]2C=C[C@@H]1C2. The van der Waals surface area contributed by atoms with Crippen molar-refractivity contribution < 1.29 is 9.47 Å². The second kappa shape index (κ2) is 7.99. The van der Waals surface area contributed by atoms with Crippen LogP contribution in [0.3, 0.4) is 0 Å². The highest BCUT2D eigenvalue weighted by atomic mass is 16.5. The molecule has 0 spiro atoms. The zero-order valence-electron chi connectivity index (χ0n) is 18.9. The first-order valence-electron chi connectivity index (χ1n) is 12.2. The number of allylic oxidation sites excluding steroid dienone is 4. The summed E-state index contributed by atoms with van der Waals surface area (Å²) in [5.74, 6) is 7.42. The van der Waals surface area contributed by atoms with Gasteiger partial charge in [0.25, 0.3) is 0 Å². The molecule has 0 amide bonds. The van der Waals surface area contributed by atoms with Crippen LogP contribution >= 0.6 is 0 Å². The molecule has 4 bridgehead atoms. The zero-order valence-corrected chi connectivity index (χ0v) is 18.9. The van der Waals surface area contributed by atoms with E-state index in [1.54, 1.807) is 12.5 Å². The summed E-state index contributed by atoms with van der Waals surface area (Å²) in [4.78, 5) is 0. The summed E-state index contributed by atoms with van der Waals surface area (Å²) in [5, 5.41) is 0. The van der Waals surface area contributed by atoms with Crippen molar-refractivity contribution in [1.29, 1.82) is 0 Å². The van der Waals surface area contributed by atoms with Crippen LogP contribution < -0.4 is 9.47 Å². The van der Waals surface area contributed by atoms with Crippen LogP contribution in [0.4, 0.5) is 0 Å². The quantitative estimate of drug-likeness (QED) is 0.354. The largest absolute Gasteiger partial charge is 0.462 e. The fourth-order valence-corrected chi connectivity index (χ4v) is 6.99. The van der Waals surface area contributed by atoms with E-state index in [1.807, 2.05) is 0 Å². The lowest BCUT2D eigenvalue weighted by Crippen LogP contribution is -2.14. The van der Waals surface area contributed by atoms with E-state index < -0.39 is 0 Å². The first-order valence-corrected chi connectivity index (χ1v) is 12.2. The fourth-order valence-electron chi connectivity index (χ4n) is 6.99. The van der Waals surface area contributed by atoms with Crippen LogP contribution in [0.1, 0.15) is 49.7 Å². The van der Waals surface area contributed by atoms with E-state index in [-0.39, 0.29) is 0 Å². The van der Waals surface area contributed by atoms with E-state index >= 15 is 0 Å². The van der Waals surface area contributed by atoms with E-state index in [9.17, 15) is 0 Å². The van der Waals surface area contributed by atoms with Crippen molar-refractivity contribution >= 4 is 0 Å². The minimum atomic E-state index is 0.652. The molecule has 8 atom stereocenters. The van der Waals surface area contributed by atoms with Crippen LogP contribution in [-0.2, 0) is 0 Å². The summed E-state index contributed by atoms with van der Waals surface area (Å²) in [6, 6.07) is 17.2. The number of benzene rings is 2. The first-order chi connectivity index (χ1) is 15.7. The average molecular weight is 425 g/mol. The van der Waals surface area contributed by atoms with E-state index in [4.69, 9.17) is 9.47 Å². The summed E-state index contributed by atoms with van der Waals surface area (Å²) in [5.41, 5.74) is 2.87. The summed E-state index contributed by atoms with van der Waals surface area (Å²) in [7, 11) is 0. The summed E-state index contributed by atoms with van der Waals surface area (Å²) in [6.45, 7) is 4.79. The molecular formula is C30H32O2. The second-order valence-corrected chi connectivity index (χ2v) is 10.3. The fraction of sp³-hybridized carbons (Fsp3) is 0.400. The van der Waals surface area contributed by atoms with Gasteiger partial charge in [-0.25, -0.2) is 0 Å². The van der Waals surface area contributed by atoms with E-state index in [0.717, 1.165) is 35.2 Å². The van der Waals surface area contributed by atoms with Crippen molar-refractivity contribution in [2.45, 2.75) is 38.5 Å². The summed E-state index contributed by atoms with van der Waals surface area (Å²) >= 11 is 0. The van der Waals surface area contributed by atoms with Gasteiger partial charge in [0.2, 0.25) is 0 Å². The number of ether oxygens (including phenoxy) is 2. The maximum Gasteiger partial charge on any atom is 0.126 e. The molecule has 2 nitrogen and oxygen atoms in total. The van der Waals surface area contributed by atoms with Crippen LogP contribution in [0.15, 0.2) is 85.4 Å². The molecule has 2 heteroatoms. The average Bonchev–Trinajstić information content (AvgIpc) is 3.59. The van der Waals surface area contributed by atoms with Gasteiger partial charge in [0.1, 0.15) is 24.0 Å². The summed E-state index contributed by atoms with van der Waals surface area (Å²) < 4.78 is 11.5. The van der Waals surface area contributed by atoms with Gasteiger partial charge >= 0.3 is 0 Å². The lowest BCUT2D eigenvalue weighted by Gasteiger charge is -2.25. The van der Waals surface area contributed by atoms with E-state index in [0.29, 0.717) is 23.7 Å². The third-order valence-electron chi connectivity index (χ3n) is 8.70. The Hall–Kier alpha value is -2.74. The van der Waals surface area contributed by atoms with Crippen LogP contribution in [-0.4, -0.2) is 0 Å². The Morgan fingerprint density at radius 1 is 0.562 bits per heavy atom. The molecule has 2 aromatic rings. The third kappa shape index (κ3) is 3.41. The molecular weight excluding hydrogens is 392 g/mol. The highest BCUT2D eigenvalue weighted by molar-refractivity contribution is 5.35. The molecule has 1 unspecified atom stereocenters. The topological polar surface area (TPSA) is 18.5 Å². The van der Waals surface area contributed by atoms with E-state index in [1.165, 1.54) is 24.0 Å². The van der Waals surface area contributed by atoms with Gasteiger partial charge in [0, 0.05) is 0 Å². The number of fused-ring (bicyclic) bond motifs is 4. The van der Waals surface area contributed by atoms with Gasteiger partial charge in [-0.3, -0.25) is 0 Å². The van der Waals surface area contributed by atoms with Gasteiger partial charge in [-0.2, -0.15) is 0 Å². The lowest BCUT2D eigenvalue weighted by atomic mass is 9.80. The maximum atomic E-state index is 5.76. The minimum absolute atomic E-state index is 0.652. The van der Waals surface area contributed by atoms with Crippen LogP contribution in [0.5, 0.6) is 11.5 Å². The Labute approximate surface area is 191 Å². The van der Waals surface area contributed by atoms with Gasteiger partial charge in [-0.1, -0.05) is 62.4 Å². The van der Waals surface area contributed by atoms with Gasteiger partial charge in [0.05, 0.1) is 0 Å². The Balaban J connectivity index is 1.03. The monoisotopic (exact) mass is 424 g/mol. The Kier molecular flexibility index (Phi) is 4.97. The molecule has 2 saturated carbocycles. The van der Waals surface area contributed by atoms with Gasteiger partial charge in [0.15, 0.2) is 0 Å². The smallest absolute Gasteiger partial charge is 0.126 e. The highest BCUT2D eigenvalue weighted by Crippen LogP contribution is 2.53. The van der Waals surface area contributed by atoms with Crippen molar-refractivity contribution in [2.75, 3.05) is 0 Å². The Morgan fingerprint density at radius 3 is 1.28 bits per heavy atom. The number of hydrogen-bond donors (Lipinski definition) is 0. The predicted octanol–water partition coefficient (Wildman–Crippen LogP) is 7.47. The normalized spacial score (nSPS) is 36.4. The maximum absolute atomic E-state index is 5.76. The van der Waals surface area contributed by atoms with Crippen molar-refractivity contribution in [1.82, 2.24) is 0 Å². The van der Waals surface area contributed by atoms with E-state index in [2.05, 4.69) is 86.7 Å².